The Balaban J connectivity index is 2.53. The molecule has 0 aliphatic rings. The summed E-state index contributed by atoms with van der Waals surface area (Å²) >= 11 is 6.77. The Labute approximate surface area is 115 Å². The molecule has 4 nitrogen and oxygen atoms in total. The molecule has 1 heterocycles. The number of carboxylic acids is 1. The zero-order valence-electron chi connectivity index (χ0n) is 8.82. The summed E-state index contributed by atoms with van der Waals surface area (Å²) in [6, 6.07) is 5.61. The number of aromatic nitrogens is 2. The lowest BCUT2D eigenvalue weighted by molar-refractivity contribution is 0.0689. The van der Waals surface area contributed by atoms with E-state index in [0.29, 0.717) is 5.56 Å². The van der Waals surface area contributed by atoms with Crippen molar-refractivity contribution in [3.8, 4) is 5.69 Å². The van der Waals surface area contributed by atoms with Crippen LogP contribution in [0.4, 0.5) is 0 Å². The van der Waals surface area contributed by atoms with E-state index in [1.165, 1.54) is 0 Å². The Morgan fingerprint density at radius 1 is 1.41 bits per heavy atom. The van der Waals surface area contributed by atoms with Gasteiger partial charge in [0.05, 0.1) is 5.69 Å². The molecule has 0 atom stereocenters. The average Bonchev–Trinajstić information content (AvgIpc) is 2.60. The van der Waals surface area contributed by atoms with Crippen LogP contribution in [0.5, 0.6) is 0 Å². The van der Waals surface area contributed by atoms with Crippen LogP contribution in [0.2, 0.25) is 0 Å². The maximum Gasteiger partial charge on any atom is 0.356 e. The Hall–Kier alpha value is -1.14. The van der Waals surface area contributed by atoms with E-state index in [2.05, 4.69) is 37.0 Å². The van der Waals surface area contributed by atoms with Gasteiger partial charge in [-0.3, -0.25) is 0 Å². The van der Waals surface area contributed by atoms with Gasteiger partial charge in [-0.1, -0.05) is 15.9 Å². The number of halogens is 2. The highest BCUT2D eigenvalue weighted by atomic mass is 79.9. The first kappa shape index (κ1) is 12.3. The van der Waals surface area contributed by atoms with E-state index < -0.39 is 5.97 Å². The molecule has 0 amide bonds. The Bertz CT molecular complexity index is 593. The molecular formula is C11H8Br2N2O2. The maximum absolute atomic E-state index is 10.9. The third kappa shape index (κ3) is 2.42. The van der Waals surface area contributed by atoms with E-state index in [4.69, 9.17) is 5.11 Å². The van der Waals surface area contributed by atoms with Crippen LogP contribution in [0, 0.1) is 6.92 Å². The van der Waals surface area contributed by atoms with Gasteiger partial charge < -0.3 is 5.11 Å². The van der Waals surface area contributed by atoms with E-state index in [0.717, 1.165) is 14.6 Å². The normalized spacial score (nSPS) is 10.5. The molecule has 2 rings (SSSR count). The number of aromatic carboxylic acids is 1. The van der Waals surface area contributed by atoms with E-state index >= 15 is 0 Å². The molecule has 6 heteroatoms. The summed E-state index contributed by atoms with van der Waals surface area (Å²) < 4.78 is 3.33. The summed E-state index contributed by atoms with van der Waals surface area (Å²) in [5, 5.41) is 13.0. The minimum absolute atomic E-state index is 0.0693. The number of benzene rings is 1. The Morgan fingerprint density at radius 2 is 2.12 bits per heavy atom. The fourth-order valence-electron chi connectivity index (χ4n) is 1.46. The van der Waals surface area contributed by atoms with Crippen molar-refractivity contribution in [2.24, 2.45) is 0 Å². The Kier molecular flexibility index (Phi) is 3.35. The molecule has 1 N–H and O–H groups in total. The first-order valence-electron chi connectivity index (χ1n) is 4.74. The number of hydrogen-bond donors (Lipinski definition) is 1. The van der Waals surface area contributed by atoms with Crippen LogP contribution >= 0.6 is 31.9 Å². The Morgan fingerprint density at radius 3 is 2.65 bits per heavy atom. The number of carbonyl (C=O) groups is 1. The maximum atomic E-state index is 10.9. The second-order valence-electron chi connectivity index (χ2n) is 3.51. The molecular weight excluding hydrogens is 352 g/mol. The van der Waals surface area contributed by atoms with Gasteiger partial charge in [0.15, 0.2) is 5.69 Å². The zero-order chi connectivity index (χ0) is 12.6. The van der Waals surface area contributed by atoms with Gasteiger partial charge in [0.25, 0.3) is 0 Å². The summed E-state index contributed by atoms with van der Waals surface area (Å²) in [7, 11) is 0. The highest BCUT2D eigenvalue weighted by Gasteiger charge is 2.14. The largest absolute Gasteiger partial charge is 0.476 e. The van der Waals surface area contributed by atoms with Crippen molar-refractivity contribution < 1.29 is 9.90 Å². The monoisotopic (exact) mass is 358 g/mol. The summed E-state index contributed by atoms with van der Waals surface area (Å²) in [6.45, 7) is 1.72. The van der Waals surface area contributed by atoms with E-state index in [1.807, 2.05) is 18.2 Å². The number of carboxylic acid groups (broad SMARTS) is 1. The van der Waals surface area contributed by atoms with Gasteiger partial charge in [0, 0.05) is 20.7 Å². The minimum Gasteiger partial charge on any atom is -0.476 e. The molecule has 1 aromatic carbocycles. The van der Waals surface area contributed by atoms with Crippen molar-refractivity contribution in [2.75, 3.05) is 0 Å². The molecule has 0 unspecified atom stereocenters. The van der Waals surface area contributed by atoms with E-state index in [-0.39, 0.29) is 5.69 Å². The average molecular weight is 360 g/mol. The van der Waals surface area contributed by atoms with Crippen molar-refractivity contribution in [3.63, 3.8) is 0 Å². The lowest BCUT2D eigenvalue weighted by Crippen LogP contribution is -2.02. The second kappa shape index (κ2) is 4.62. The molecule has 0 fully saturated rings. The van der Waals surface area contributed by atoms with Crippen molar-refractivity contribution in [2.45, 2.75) is 6.92 Å². The molecule has 0 bridgehead atoms. The zero-order valence-corrected chi connectivity index (χ0v) is 12.0. The summed E-state index contributed by atoms with van der Waals surface area (Å²) in [5.74, 6) is -1.02. The molecule has 88 valence electrons. The topological polar surface area (TPSA) is 55.1 Å². The molecule has 17 heavy (non-hydrogen) atoms. The first-order chi connectivity index (χ1) is 7.99. The van der Waals surface area contributed by atoms with Crippen LogP contribution in [0.1, 0.15) is 16.1 Å². The predicted octanol–water partition coefficient (Wildman–Crippen LogP) is 3.40. The van der Waals surface area contributed by atoms with Crippen LogP contribution in [0.15, 0.2) is 33.3 Å². The lowest BCUT2D eigenvalue weighted by Gasteiger charge is -2.04. The highest BCUT2D eigenvalue weighted by molar-refractivity contribution is 9.11. The number of aryl methyl sites for hydroxylation is 1. The van der Waals surface area contributed by atoms with E-state index in [1.54, 1.807) is 17.8 Å². The third-order valence-corrected chi connectivity index (χ3v) is 3.38. The van der Waals surface area contributed by atoms with Crippen LogP contribution in [0.25, 0.3) is 5.69 Å². The van der Waals surface area contributed by atoms with Gasteiger partial charge in [0.2, 0.25) is 0 Å². The van der Waals surface area contributed by atoms with Crippen molar-refractivity contribution in [3.05, 3.63) is 44.6 Å². The van der Waals surface area contributed by atoms with Crippen LogP contribution < -0.4 is 0 Å². The summed E-state index contributed by atoms with van der Waals surface area (Å²) in [5.41, 5.74) is 1.50. The fraction of sp³-hybridized carbons (Fsp3) is 0.0909. The summed E-state index contributed by atoms with van der Waals surface area (Å²) in [6.07, 6.45) is 1.69. The van der Waals surface area contributed by atoms with Gasteiger partial charge in [-0.25, -0.2) is 9.48 Å². The highest BCUT2D eigenvalue weighted by Crippen LogP contribution is 2.25. The summed E-state index contributed by atoms with van der Waals surface area (Å²) in [4.78, 5) is 10.9. The van der Waals surface area contributed by atoms with Gasteiger partial charge in [-0.15, -0.1) is 0 Å². The molecule has 0 saturated carbocycles. The van der Waals surface area contributed by atoms with Crippen molar-refractivity contribution >= 4 is 37.8 Å². The molecule has 0 saturated heterocycles. The van der Waals surface area contributed by atoms with Crippen molar-refractivity contribution in [1.29, 1.82) is 0 Å². The quantitative estimate of drug-likeness (QED) is 0.893. The first-order valence-corrected chi connectivity index (χ1v) is 6.32. The lowest BCUT2D eigenvalue weighted by atomic mass is 10.3. The fourth-order valence-corrected chi connectivity index (χ4v) is 2.69. The molecule has 0 spiro atoms. The predicted molar refractivity (Wildman–Crippen MR) is 70.7 cm³/mol. The SMILES string of the molecule is Cc1cn(-c2ccc(Br)cc2Br)nc1C(=O)O. The van der Waals surface area contributed by atoms with Gasteiger partial charge >= 0.3 is 5.97 Å². The van der Waals surface area contributed by atoms with E-state index in [9.17, 15) is 4.79 Å². The van der Waals surface area contributed by atoms with Crippen LogP contribution in [-0.2, 0) is 0 Å². The second-order valence-corrected chi connectivity index (χ2v) is 5.28. The van der Waals surface area contributed by atoms with Crippen LogP contribution in [-0.4, -0.2) is 20.9 Å². The molecule has 2 aromatic rings. The standard InChI is InChI=1S/C11H8Br2N2O2/c1-6-5-15(14-10(6)11(16)17)9-3-2-7(12)4-8(9)13/h2-5H,1H3,(H,16,17). The van der Waals surface area contributed by atoms with Crippen LogP contribution in [0.3, 0.4) is 0 Å². The van der Waals surface area contributed by atoms with Gasteiger partial charge in [-0.05, 0) is 41.1 Å². The van der Waals surface area contributed by atoms with Crippen molar-refractivity contribution in [1.82, 2.24) is 9.78 Å². The molecule has 0 radical (unpaired) electrons. The minimum atomic E-state index is -1.02. The third-order valence-electron chi connectivity index (χ3n) is 2.26. The molecule has 1 aromatic heterocycles. The number of hydrogen-bond acceptors (Lipinski definition) is 2. The molecule has 0 aliphatic heterocycles. The molecule has 0 aliphatic carbocycles. The smallest absolute Gasteiger partial charge is 0.356 e. The number of rotatable bonds is 2. The van der Waals surface area contributed by atoms with Gasteiger partial charge in [0.1, 0.15) is 0 Å². The van der Waals surface area contributed by atoms with Gasteiger partial charge in [-0.2, -0.15) is 5.10 Å². The number of nitrogens with zero attached hydrogens (tertiary/aromatic N) is 2.